The molecule has 2 aliphatic carbocycles. The third-order valence-corrected chi connectivity index (χ3v) is 12.6. The molecule has 6 aromatic carbocycles. The van der Waals surface area contributed by atoms with Crippen LogP contribution in [0.25, 0.3) is 21.8 Å². The van der Waals surface area contributed by atoms with Crippen molar-refractivity contribution in [2.24, 2.45) is 10.8 Å². The number of halogens is 2. The Morgan fingerprint density at radius 3 is 1.29 bits per heavy atom. The predicted molar refractivity (Wildman–Crippen MR) is 284 cm³/mol. The summed E-state index contributed by atoms with van der Waals surface area (Å²) in [5.74, 6) is 1.88. The van der Waals surface area contributed by atoms with Crippen LogP contribution in [0.4, 0.5) is 25.8 Å². The number of Topliss-reactive ketones (excluding diaryl/α,β-unsaturated/α-hetero) is 1. The van der Waals surface area contributed by atoms with E-state index in [9.17, 15) is 33.1 Å². The first kappa shape index (κ1) is 54.5. The Kier molecular flexibility index (Phi) is 17.0. The molecule has 0 aliphatic heterocycles. The summed E-state index contributed by atoms with van der Waals surface area (Å²) in [6.07, 6.45) is 5.11. The standard InChI is InChI=1S/C29H25FN2O5.C22H20N2O6.C6H6FN.CH4/c1-35-25-16-22-23(17-26(25)36-2)31-14-11-24(22)37-21-9-7-20(8-10-21)32-28(34)29(12-13-29)27(33)15-18-3-5-19(30)6-4-18;1-28-18-11-15-16(12-19(18)29-2)23-10-7-17(15)30-14-5-3-13(4-6-14)24-20(25)22(8-9-22)21(26)27;7-5-1-3-6(8)4-2-5;/h3-11,14,16-17H,12-13,15H2,1-2H3,(H,32,34);3-7,10-12H,8-9H2,1-2H3,(H,24,25)(H,26,27);1-4H,8H2;1H4/i30-1;;7-1;. The Bertz CT molecular complexity index is 3350. The molecule has 0 saturated heterocycles. The number of amides is 2. The van der Waals surface area contributed by atoms with E-state index in [1.54, 1.807) is 132 Å². The van der Waals surface area contributed by atoms with Crippen molar-refractivity contribution in [2.75, 3.05) is 44.8 Å². The number of carboxylic acids is 1. The highest BCUT2D eigenvalue weighted by Crippen LogP contribution is 2.49. The van der Waals surface area contributed by atoms with Crippen LogP contribution in [0.3, 0.4) is 0 Å². The third kappa shape index (κ3) is 12.5. The van der Waals surface area contributed by atoms with Gasteiger partial charge in [0.1, 0.15) is 45.5 Å². The largest absolute Gasteiger partial charge is 0.493 e. The Hall–Kier alpha value is -9.32. The summed E-state index contributed by atoms with van der Waals surface area (Å²) in [5, 5.41) is 16.2. The van der Waals surface area contributed by atoms with Crippen LogP contribution in [0, 0.1) is 22.5 Å². The number of benzene rings is 6. The molecule has 16 nitrogen and oxygen atoms in total. The average molecular weight is 1030 g/mol. The molecule has 0 bridgehead atoms. The number of aliphatic carboxylic acids is 1. The van der Waals surface area contributed by atoms with Crippen molar-refractivity contribution in [3.63, 3.8) is 0 Å². The monoisotopic (exact) mass is 1030 g/mol. The number of nitrogen functional groups attached to an aromatic ring is 1. The number of nitrogens with two attached hydrogens (primary N) is 1. The molecule has 8 aromatic rings. The molecule has 5 N–H and O–H groups in total. The van der Waals surface area contributed by atoms with E-state index < -0.39 is 22.7 Å². The van der Waals surface area contributed by atoms with Crippen LogP contribution < -0.4 is 44.8 Å². The van der Waals surface area contributed by atoms with Crippen LogP contribution >= 0.6 is 0 Å². The number of anilines is 3. The first-order valence-electron chi connectivity index (χ1n) is 23.4. The summed E-state index contributed by atoms with van der Waals surface area (Å²) in [6, 6.07) is 35.8. The lowest BCUT2D eigenvalue weighted by Crippen LogP contribution is -2.32. The van der Waals surface area contributed by atoms with Crippen LogP contribution in [0.5, 0.6) is 46.0 Å². The van der Waals surface area contributed by atoms with Gasteiger partial charge in [-0.25, -0.2) is 8.78 Å². The molecule has 2 heterocycles. The van der Waals surface area contributed by atoms with Gasteiger partial charge >= 0.3 is 5.97 Å². The lowest BCUT2D eigenvalue weighted by Gasteiger charge is -2.15. The minimum Gasteiger partial charge on any atom is -0.493 e. The van der Waals surface area contributed by atoms with E-state index in [1.165, 1.54) is 36.4 Å². The van der Waals surface area contributed by atoms with E-state index in [1.807, 2.05) is 6.07 Å². The van der Waals surface area contributed by atoms with Gasteiger partial charge in [0, 0.05) is 58.8 Å². The summed E-state index contributed by atoms with van der Waals surface area (Å²) in [7, 11) is 6.25. The number of carboxylic acid groups (broad SMARTS) is 1. The molecule has 0 unspecified atom stereocenters. The van der Waals surface area contributed by atoms with Crippen LogP contribution in [0.2, 0.25) is 0 Å². The Balaban J connectivity index is 0.000000193. The second-order valence-corrected chi connectivity index (χ2v) is 17.5. The molecule has 2 aromatic heterocycles. The van der Waals surface area contributed by atoms with Crippen molar-refractivity contribution in [2.45, 2.75) is 39.5 Å². The van der Waals surface area contributed by atoms with Gasteiger partial charge in [-0.05, 0) is 140 Å². The molecule has 2 saturated carbocycles. The van der Waals surface area contributed by atoms with E-state index in [2.05, 4.69) is 20.6 Å². The number of methoxy groups -OCH3 is 4. The molecular weight excluding hydrogens is 979 g/mol. The van der Waals surface area contributed by atoms with E-state index in [4.69, 9.17) is 34.2 Å². The highest BCUT2D eigenvalue weighted by molar-refractivity contribution is 6.14. The maximum absolute atomic E-state index is 13.1. The number of aromatic nitrogens is 2. The van der Waals surface area contributed by atoms with Crippen molar-refractivity contribution >= 4 is 62.4 Å². The van der Waals surface area contributed by atoms with E-state index >= 15 is 0 Å². The van der Waals surface area contributed by atoms with Crippen LogP contribution in [-0.2, 0) is 25.6 Å². The highest BCUT2D eigenvalue weighted by Gasteiger charge is 2.57. The highest BCUT2D eigenvalue weighted by atomic mass is 18.2. The maximum atomic E-state index is 13.1. The smallest absolute Gasteiger partial charge is 0.319 e. The van der Waals surface area contributed by atoms with Gasteiger partial charge in [0.2, 0.25) is 11.8 Å². The number of ketones is 1. The van der Waals surface area contributed by atoms with Crippen LogP contribution in [-0.4, -0.2) is 67.1 Å². The lowest BCUT2D eigenvalue weighted by atomic mass is 9.94. The number of rotatable bonds is 16. The summed E-state index contributed by atoms with van der Waals surface area (Å²) in [6.45, 7) is 0. The number of hydrogen-bond donors (Lipinski definition) is 4. The van der Waals surface area contributed by atoms with Gasteiger partial charge in [0.25, 0.3) is 0 Å². The number of pyridine rings is 2. The quantitative estimate of drug-likeness (QED) is 0.0523. The summed E-state index contributed by atoms with van der Waals surface area (Å²) < 4.78 is 58.7. The molecule has 10 rings (SSSR count). The molecule has 0 atom stereocenters. The third-order valence-electron chi connectivity index (χ3n) is 12.6. The number of fused-ring (bicyclic) bond motifs is 2. The number of carbonyl (C=O) groups is 4. The van der Waals surface area contributed by atoms with Gasteiger partial charge in [0.15, 0.2) is 28.8 Å². The molecule has 76 heavy (non-hydrogen) atoms. The second-order valence-electron chi connectivity index (χ2n) is 17.5. The zero-order chi connectivity index (χ0) is 53.3. The van der Waals surface area contributed by atoms with Crippen molar-refractivity contribution < 1.29 is 61.5 Å². The molecule has 392 valence electrons. The number of ether oxygens (including phenoxy) is 6. The van der Waals surface area contributed by atoms with Crippen molar-refractivity contribution in [3.05, 3.63) is 163 Å². The first-order valence-corrected chi connectivity index (χ1v) is 23.4. The molecular formula is C58H55F2N5O11. The fourth-order valence-electron chi connectivity index (χ4n) is 7.88. The number of hydrogen-bond acceptors (Lipinski definition) is 13. The fraction of sp³-hybridized carbons (Fsp3) is 0.207. The topological polar surface area (TPSA) is 220 Å². The summed E-state index contributed by atoms with van der Waals surface area (Å²) in [4.78, 5) is 58.0. The summed E-state index contributed by atoms with van der Waals surface area (Å²) >= 11 is 0. The molecule has 2 amide bonds. The van der Waals surface area contributed by atoms with Crippen LogP contribution in [0.1, 0.15) is 38.7 Å². The fourth-order valence-corrected chi connectivity index (χ4v) is 7.88. The molecule has 0 spiro atoms. The van der Waals surface area contributed by atoms with Crippen molar-refractivity contribution in [1.82, 2.24) is 9.97 Å². The average Bonchev–Trinajstić information content (AvgIpc) is 4.38. The number of nitrogens with zero attached hydrogens (tertiary/aromatic N) is 2. The zero-order valence-corrected chi connectivity index (χ0v) is 41.1. The van der Waals surface area contributed by atoms with E-state index in [0.29, 0.717) is 105 Å². The normalized spacial score (nSPS) is 13.1. The van der Waals surface area contributed by atoms with E-state index in [-0.39, 0.29) is 37.2 Å². The second kappa shape index (κ2) is 23.7. The Morgan fingerprint density at radius 1 is 0.539 bits per heavy atom. The Labute approximate surface area is 436 Å². The molecule has 2 aliphatic rings. The number of nitrogens with one attached hydrogen (secondary N) is 2. The van der Waals surface area contributed by atoms with Crippen molar-refractivity contribution in [1.29, 1.82) is 0 Å². The van der Waals surface area contributed by atoms with Gasteiger partial charge in [-0.15, -0.1) is 0 Å². The SMILES string of the molecule is C.COc1cc2nccc(Oc3ccc(NC(=O)C4(C(=O)Cc5ccc([18F])cc5)CC4)cc3)c2cc1OC.COc1cc2nccc(Oc3ccc(NC(=O)C4(C(=O)O)CC4)cc3)c2cc1OC.Nc1ccc([18F])cc1. The molecule has 2 fully saturated rings. The van der Waals surface area contributed by atoms with Crippen LogP contribution in [0.15, 0.2) is 146 Å². The van der Waals surface area contributed by atoms with Gasteiger partial charge in [-0.3, -0.25) is 29.1 Å². The van der Waals surface area contributed by atoms with Gasteiger partial charge in [0.05, 0.1) is 39.5 Å². The lowest BCUT2D eigenvalue weighted by molar-refractivity contribution is -0.147. The Morgan fingerprint density at radius 2 is 0.921 bits per heavy atom. The first-order chi connectivity index (χ1) is 36.2. The predicted octanol–water partition coefficient (Wildman–Crippen LogP) is 11.6. The number of carbonyl (C=O) groups excluding carboxylic acids is 3. The van der Waals surface area contributed by atoms with Crippen molar-refractivity contribution in [3.8, 4) is 46.0 Å². The zero-order valence-electron chi connectivity index (χ0n) is 41.1. The maximum Gasteiger partial charge on any atom is 0.319 e. The van der Waals surface area contributed by atoms with Gasteiger partial charge < -0.3 is 49.9 Å². The molecule has 0 radical (unpaired) electrons. The minimum absolute atomic E-state index is 0. The van der Waals surface area contributed by atoms with Gasteiger partial charge in [-0.2, -0.15) is 0 Å². The van der Waals surface area contributed by atoms with E-state index in [0.717, 1.165) is 10.8 Å². The minimum atomic E-state index is -1.29. The molecule has 18 heteroatoms. The van der Waals surface area contributed by atoms with Gasteiger partial charge in [-0.1, -0.05) is 19.6 Å². The summed E-state index contributed by atoms with van der Waals surface area (Å²) in [5.41, 5.74) is 6.67.